The van der Waals surface area contributed by atoms with E-state index in [0.717, 1.165) is 23.9 Å². The average molecular weight is 274 g/mol. The van der Waals surface area contributed by atoms with Gasteiger partial charge in [-0.05, 0) is 18.1 Å². The molecule has 0 aromatic heterocycles. The van der Waals surface area contributed by atoms with Gasteiger partial charge in [-0.1, -0.05) is 30.0 Å². The molecule has 1 atom stereocenters. The fourth-order valence-corrected chi connectivity index (χ4v) is 2.48. The number of amidine groups is 1. The SMILES string of the molecule is NC1=NC(=O)[C@H](Cc2cccc(C(F)(F)F)c2)S1. The first kappa shape index (κ1) is 12.9. The maximum Gasteiger partial charge on any atom is 0.416 e. The highest BCUT2D eigenvalue weighted by atomic mass is 32.2. The molecule has 96 valence electrons. The van der Waals surface area contributed by atoms with Gasteiger partial charge in [-0.25, -0.2) is 0 Å². The molecule has 1 amide bonds. The summed E-state index contributed by atoms with van der Waals surface area (Å²) in [6, 6.07) is 4.92. The maximum absolute atomic E-state index is 12.5. The van der Waals surface area contributed by atoms with Crippen molar-refractivity contribution in [2.75, 3.05) is 0 Å². The molecular weight excluding hydrogens is 265 g/mol. The van der Waals surface area contributed by atoms with Gasteiger partial charge in [-0.15, -0.1) is 0 Å². The molecule has 0 aliphatic carbocycles. The number of carbonyl (C=O) groups excluding carboxylic acids is 1. The Morgan fingerprint density at radius 3 is 2.67 bits per heavy atom. The average Bonchev–Trinajstić information content (AvgIpc) is 2.56. The Morgan fingerprint density at radius 2 is 2.11 bits per heavy atom. The lowest BCUT2D eigenvalue weighted by Gasteiger charge is -2.10. The number of amides is 1. The van der Waals surface area contributed by atoms with Crippen LogP contribution in [0.4, 0.5) is 13.2 Å². The van der Waals surface area contributed by atoms with Gasteiger partial charge in [0.2, 0.25) is 0 Å². The van der Waals surface area contributed by atoms with E-state index >= 15 is 0 Å². The second-order valence-electron chi connectivity index (χ2n) is 3.80. The molecule has 1 heterocycles. The maximum atomic E-state index is 12.5. The Bertz CT molecular complexity index is 513. The summed E-state index contributed by atoms with van der Waals surface area (Å²) in [6.07, 6.45) is -4.18. The van der Waals surface area contributed by atoms with Gasteiger partial charge in [0.25, 0.3) is 5.91 Å². The second-order valence-corrected chi connectivity index (χ2v) is 5.02. The molecule has 0 spiro atoms. The van der Waals surface area contributed by atoms with Crippen molar-refractivity contribution in [3.05, 3.63) is 35.4 Å². The summed E-state index contributed by atoms with van der Waals surface area (Å²) >= 11 is 1.08. The van der Waals surface area contributed by atoms with Crippen molar-refractivity contribution < 1.29 is 18.0 Å². The smallest absolute Gasteiger partial charge is 0.378 e. The van der Waals surface area contributed by atoms with Crippen LogP contribution in [0.2, 0.25) is 0 Å². The zero-order valence-corrected chi connectivity index (χ0v) is 9.89. The third-order valence-electron chi connectivity index (χ3n) is 2.43. The lowest BCUT2D eigenvalue weighted by Crippen LogP contribution is -2.15. The van der Waals surface area contributed by atoms with Crippen molar-refractivity contribution in [3.63, 3.8) is 0 Å². The predicted octanol–water partition coefficient (Wildman–Crippen LogP) is 2.20. The fraction of sp³-hybridized carbons (Fsp3) is 0.273. The van der Waals surface area contributed by atoms with E-state index in [9.17, 15) is 18.0 Å². The second kappa shape index (κ2) is 4.64. The molecule has 7 heteroatoms. The summed E-state index contributed by atoms with van der Waals surface area (Å²) in [7, 11) is 0. The van der Waals surface area contributed by atoms with Gasteiger partial charge in [0.15, 0.2) is 5.17 Å². The number of hydrogen-bond acceptors (Lipinski definition) is 3. The van der Waals surface area contributed by atoms with E-state index < -0.39 is 22.9 Å². The Morgan fingerprint density at radius 1 is 1.39 bits per heavy atom. The van der Waals surface area contributed by atoms with Crippen molar-refractivity contribution in [2.24, 2.45) is 10.7 Å². The number of rotatable bonds is 2. The minimum atomic E-state index is -4.38. The Balaban J connectivity index is 2.14. The molecule has 18 heavy (non-hydrogen) atoms. The first-order chi connectivity index (χ1) is 8.36. The highest BCUT2D eigenvalue weighted by molar-refractivity contribution is 8.15. The molecule has 1 aliphatic heterocycles. The highest BCUT2D eigenvalue weighted by Crippen LogP contribution is 2.31. The van der Waals surface area contributed by atoms with Gasteiger partial charge < -0.3 is 5.73 Å². The van der Waals surface area contributed by atoms with Crippen molar-refractivity contribution in [1.82, 2.24) is 0 Å². The molecule has 0 saturated carbocycles. The monoisotopic (exact) mass is 274 g/mol. The summed E-state index contributed by atoms with van der Waals surface area (Å²) in [4.78, 5) is 14.9. The number of halogens is 3. The largest absolute Gasteiger partial charge is 0.416 e. The van der Waals surface area contributed by atoms with Gasteiger partial charge in [0.05, 0.1) is 10.8 Å². The van der Waals surface area contributed by atoms with Crippen LogP contribution in [0.3, 0.4) is 0 Å². The van der Waals surface area contributed by atoms with Gasteiger partial charge in [-0.3, -0.25) is 4.79 Å². The van der Waals surface area contributed by atoms with Crippen LogP contribution in [-0.2, 0) is 17.4 Å². The van der Waals surface area contributed by atoms with Crippen molar-refractivity contribution in [3.8, 4) is 0 Å². The van der Waals surface area contributed by atoms with Crippen LogP contribution < -0.4 is 5.73 Å². The van der Waals surface area contributed by atoms with E-state index in [2.05, 4.69) is 4.99 Å². The predicted molar refractivity (Wildman–Crippen MR) is 63.2 cm³/mol. The number of thioether (sulfide) groups is 1. The molecule has 0 unspecified atom stereocenters. The number of hydrogen-bond donors (Lipinski definition) is 1. The molecule has 2 rings (SSSR count). The highest BCUT2D eigenvalue weighted by Gasteiger charge is 2.31. The third-order valence-corrected chi connectivity index (χ3v) is 3.42. The molecule has 1 aliphatic rings. The normalized spacial score (nSPS) is 20.1. The molecular formula is C11H9F3N2OS. The van der Waals surface area contributed by atoms with E-state index in [1.54, 1.807) is 6.07 Å². The van der Waals surface area contributed by atoms with E-state index in [4.69, 9.17) is 5.73 Å². The number of aliphatic imine (C=N–C) groups is 1. The topological polar surface area (TPSA) is 55.4 Å². The molecule has 0 radical (unpaired) electrons. The van der Waals surface area contributed by atoms with Gasteiger partial charge in [-0.2, -0.15) is 18.2 Å². The van der Waals surface area contributed by atoms with Gasteiger partial charge in [0, 0.05) is 0 Å². The minimum Gasteiger partial charge on any atom is -0.378 e. The molecule has 3 nitrogen and oxygen atoms in total. The Kier molecular flexibility index (Phi) is 3.34. The first-order valence-electron chi connectivity index (χ1n) is 5.07. The van der Waals surface area contributed by atoms with Crippen LogP contribution in [0.25, 0.3) is 0 Å². The number of nitrogens with two attached hydrogens (primary N) is 1. The number of benzene rings is 1. The van der Waals surface area contributed by atoms with Crippen molar-refractivity contribution in [1.29, 1.82) is 0 Å². The Labute approximate surface area is 105 Å². The van der Waals surface area contributed by atoms with Crippen molar-refractivity contribution in [2.45, 2.75) is 17.8 Å². The summed E-state index contributed by atoms with van der Waals surface area (Å²) in [6.45, 7) is 0. The summed E-state index contributed by atoms with van der Waals surface area (Å²) in [5.41, 5.74) is 5.11. The summed E-state index contributed by atoms with van der Waals surface area (Å²) in [5, 5.41) is -0.356. The van der Waals surface area contributed by atoms with Crippen molar-refractivity contribution >= 4 is 22.8 Å². The molecule has 1 aromatic rings. The van der Waals surface area contributed by atoms with Gasteiger partial charge in [0.1, 0.15) is 0 Å². The number of nitrogens with zero attached hydrogens (tertiary/aromatic N) is 1. The molecule has 1 aromatic carbocycles. The summed E-state index contributed by atoms with van der Waals surface area (Å²) < 4.78 is 37.5. The lowest BCUT2D eigenvalue weighted by molar-refractivity contribution is -0.137. The quantitative estimate of drug-likeness (QED) is 0.899. The van der Waals surface area contributed by atoms with Crippen LogP contribution in [0.15, 0.2) is 29.3 Å². The molecule has 0 saturated heterocycles. The standard InChI is InChI=1S/C11H9F3N2OS/c12-11(13,14)7-3-1-2-6(4-7)5-8-9(17)16-10(15)18-8/h1-4,8H,5H2,(H2,15,16,17)/t8-/m0/s1. The van der Waals surface area contributed by atoms with E-state index in [1.807, 2.05) is 0 Å². The molecule has 0 bridgehead atoms. The molecule has 2 N–H and O–H groups in total. The first-order valence-corrected chi connectivity index (χ1v) is 5.95. The van der Waals surface area contributed by atoms with E-state index in [-0.39, 0.29) is 11.6 Å². The minimum absolute atomic E-state index is 0.164. The Hall–Kier alpha value is -1.50. The van der Waals surface area contributed by atoms with Crippen LogP contribution in [0.5, 0.6) is 0 Å². The summed E-state index contributed by atoms with van der Waals surface area (Å²) in [5.74, 6) is -0.394. The van der Waals surface area contributed by atoms with Crippen LogP contribution >= 0.6 is 11.8 Å². The zero-order valence-electron chi connectivity index (χ0n) is 9.07. The lowest BCUT2D eigenvalue weighted by atomic mass is 10.1. The third kappa shape index (κ3) is 2.84. The van der Waals surface area contributed by atoms with Crippen LogP contribution in [0, 0.1) is 0 Å². The fourth-order valence-electron chi connectivity index (χ4n) is 1.62. The van der Waals surface area contributed by atoms with E-state index in [0.29, 0.717) is 5.56 Å². The number of alkyl halides is 3. The van der Waals surface area contributed by atoms with Crippen LogP contribution in [0.1, 0.15) is 11.1 Å². The number of carbonyl (C=O) groups is 1. The van der Waals surface area contributed by atoms with Crippen LogP contribution in [-0.4, -0.2) is 16.3 Å². The zero-order chi connectivity index (χ0) is 13.3. The van der Waals surface area contributed by atoms with E-state index in [1.165, 1.54) is 6.07 Å². The molecule has 0 fully saturated rings. The van der Waals surface area contributed by atoms with Gasteiger partial charge >= 0.3 is 6.18 Å².